The summed E-state index contributed by atoms with van der Waals surface area (Å²) in [6.07, 6.45) is -0.845. The van der Waals surface area contributed by atoms with Crippen LogP contribution in [0.15, 0.2) is 0 Å². The molecule has 5 heteroatoms. The number of nitrogens with zero attached hydrogens (tertiary/aromatic N) is 1. The van der Waals surface area contributed by atoms with E-state index in [4.69, 9.17) is 9.84 Å². The topological polar surface area (TPSA) is 61.8 Å². The van der Waals surface area contributed by atoms with Crippen molar-refractivity contribution in [2.45, 2.75) is 32.4 Å². The molecule has 92 valence electrons. The van der Waals surface area contributed by atoms with E-state index in [1.807, 2.05) is 0 Å². The van der Waals surface area contributed by atoms with E-state index in [0.717, 1.165) is 6.54 Å². The maximum Gasteiger partial charge on any atom is 0.407 e. The lowest BCUT2D eigenvalue weighted by atomic mass is 9.70. The third-order valence-corrected chi connectivity index (χ3v) is 3.48. The lowest BCUT2D eigenvalue weighted by Gasteiger charge is -2.58. The summed E-state index contributed by atoms with van der Waals surface area (Å²) in [5, 5.41) is 12.4. The first kappa shape index (κ1) is 11.7. The van der Waals surface area contributed by atoms with E-state index in [0.29, 0.717) is 19.7 Å². The van der Waals surface area contributed by atoms with E-state index >= 15 is 0 Å². The fraction of sp³-hybridized carbons (Fsp3) is 0.909. The Morgan fingerprint density at radius 2 is 2.25 bits per heavy atom. The summed E-state index contributed by atoms with van der Waals surface area (Å²) in [6.45, 7) is 8.66. The van der Waals surface area contributed by atoms with E-state index in [2.05, 4.69) is 26.1 Å². The Morgan fingerprint density at radius 3 is 2.69 bits per heavy atom. The second-order valence-corrected chi connectivity index (χ2v) is 5.80. The first-order valence-corrected chi connectivity index (χ1v) is 5.70. The van der Waals surface area contributed by atoms with Crippen LogP contribution in [-0.2, 0) is 4.74 Å². The molecule has 2 saturated heterocycles. The van der Waals surface area contributed by atoms with Crippen molar-refractivity contribution < 1.29 is 14.6 Å². The minimum atomic E-state index is -0.845. The standard InChI is InChI=1S/C11H20N2O3/c1-10(2,3)8-11(6-12-8)7-13(9(14)15)4-5-16-11/h8,12H,4-7H2,1-3H3,(H,14,15). The third kappa shape index (κ3) is 1.78. The van der Waals surface area contributed by atoms with Crippen molar-refractivity contribution in [2.75, 3.05) is 26.2 Å². The summed E-state index contributed by atoms with van der Waals surface area (Å²) < 4.78 is 5.85. The lowest BCUT2D eigenvalue weighted by Crippen LogP contribution is -2.78. The summed E-state index contributed by atoms with van der Waals surface area (Å²) in [5.74, 6) is 0. The van der Waals surface area contributed by atoms with Crippen molar-refractivity contribution in [1.29, 1.82) is 0 Å². The Balaban J connectivity index is 2.11. The molecule has 1 spiro atoms. The largest absolute Gasteiger partial charge is 0.465 e. The number of ether oxygens (including phenoxy) is 1. The summed E-state index contributed by atoms with van der Waals surface area (Å²) >= 11 is 0. The van der Waals surface area contributed by atoms with E-state index in [-0.39, 0.29) is 17.1 Å². The molecule has 0 aliphatic carbocycles. The van der Waals surface area contributed by atoms with Gasteiger partial charge in [-0.1, -0.05) is 20.8 Å². The molecule has 0 radical (unpaired) electrons. The highest BCUT2D eigenvalue weighted by atomic mass is 16.5. The zero-order valence-electron chi connectivity index (χ0n) is 10.1. The molecule has 2 heterocycles. The van der Waals surface area contributed by atoms with Crippen LogP contribution in [0.25, 0.3) is 0 Å². The van der Waals surface area contributed by atoms with Gasteiger partial charge in [-0.05, 0) is 5.41 Å². The van der Waals surface area contributed by atoms with Gasteiger partial charge < -0.3 is 20.1 Å². The highest BCUT2D eigenvalue weighted by molar-refractivity contribution is 5.65. The fourth-order valence-corrected chi connectivity index (χ4v) is 2.78. The number of carbonyl (C=O) groups is 1. The van der Waals surface area contributed by atoms with Crippen LogP contribution >= 0.6 is 0 Å². The molecule has 0 aromatic rings. The van der Waals surface area contributed by atoms with Crippen LogP contribution in [0, 0.1) is 5.41 Å². The Hall–Kier alpha value is -0.810. The van der Waals surface area contributed by atoms with Gasteiger partial charge in [0.25, 0.3) is 0 Å². The van der Waals surface area contributed by atoms with Crippen LogP contribution < -0.4 is 5.32 Å². The van der Waals surface area contributed by atoms with Crippen molar-refractivity contribution in [2.24, 2.45) is 5.41 Å². The van der Waals surface area contributed by atoms with Gasteiger partial charge in [-0.2, -0.15) is 0 Å². The fourth-order valence-electron chi connectivity index (χ4n) is 2.78. The third-order valence-electron chi connectivity index (χ3n) is 3.48. The highest BCUT2D eigenvalue weighted by Crippen LogP contribution is 2.38. The predicted octanol–water partition coefficient (Wildman–Crippen LogP) is 0.753. The molecule has 0 aromatic carbocycles. The van der Waals surface area contributed by atoms with Crippen LogP contribution in [0.1, 0.15) is 20.8 Å². The molecule has 0 bridgehead atoms. The van der Waals surface area contributed by atoms with Gasteiger partial charge in [0.1, 0.15) is 5.60 Å². The Bertz CT molecular complexity index is 300. The van der Waals surface area contributed by atoms with Gasteiger partial charge in [-0.3, -0.25) is 0 Å². The molecule has 0 saturated carbocycles. The quantitative estimate of drug-likeness (QED) is 0.642. The van der Waals surface area contributed by atoms with E-state index in [1.54, 1.807) is 0 Å². The van der Waals surface area contributed by atoms with Crippen LogP contribution in [0.5, 0.6) is 0 Å². The number of nitrogens with one attached hydrogen (secondary N) is 1. The van der Waals surface area contributed by atoms with Crippen LogP contribution in [-0.4, -0.2) is 54.0 Å². The first-order valence-electron chi connectivity index (χ1n) is 5.70. The minimum absolute atomic E-state index is 0.0831. The van der Waals surface area contributed by atoms with Crippen LogP contribution in [0.4, 0.5) is 4.79 Å². The van der Waals surface area contributed by atoms with E-state index in [1.165, 1.54) is 4.90 Å². The SMILES string of the molecule is CC(C)(C)C1NCC12CN(C(=O)O)CCO2. The zero-order valence-corrected chi connectivity index (χ0v) is 10.1. The monoisotopic (exact) mass is 228 g/mol. The average molecular weight is 228 g/mol. The van der Waals surface area contributed by atoms with Gasteiger partial charge in [0.15, 0.2) is 0 Å². The van der Waals surface area contributed by atoms with Gasteiger partial charge in [0.2, 0.25) is 0 Å². The molecular formula is C11H20N2O3. The van der Waals surface area contributed by atoms with Gasteiger partial charge in [0.05, 0.1) is 13.2 Å². The minimum Gasteiger partial charge on any atom is -0.465 e. The molecule has 2 atom stereocenters. The number of morpholine rings is 1. The molecule has 2 N–H and O–H groups in total. The number of rotatable bonds is 0. The normalized spacial score (nSPS) is 34.9. The molecule has 5 nitrogen and oxygen atoms in total. The second-order valence-electron chi connectivity index (χ2n) is 5.80. The predicted molar refractivity (Wildman–Crippen MR) is 59.5 cm³/mol. The maximum absolute atomic E-state index is 11.0. The summed E-state index contributed by atoms with van der Waals surface area (Å²) in [7, 11) is 0. The molecule has 0 aromatic heterocycles. The Kier molecular flexibility index (Phi) is 2.62. The number of amides is 1. The molecule has 16 heavy (non-hydrogen) atoms. The Morgan fingerprint density at radius 1 is 1.56 bits per heavy atom. The number of hydrogen-bond donors (Lipinski definition) is 2. The smallest absolute Gasteiger partial charge is 0.407 e. The van der Waals surface area contributed by atoms with E-state index < -0.39 is 6.09 Å². The number of carboxylic acid groups (broad SMARTS) is 1. The molecular weight excluding hydrogens is 208 g/mol. The first-order chi connectivity index (χ1) is 7.35. The van der Waals surface area contributed by atoms with Crippen molar-refractivity contribution in [1.82, 2.24) is 10.2 Å². The van der Waals surface area contributed by atoms with Crippen LogP contribution in [0.2, 0.25) is 0 Å². The van der Waals surface area contributed by atoms with E-state index in [9.17, 15) is 4.79 Å². The summed E-state index contributed by atoms with van der Waals surface area (Å²) in [4.78, 5) is 12.4. The highest BCUT2D eigenvalue weighted by Gasteiger charge is 2.55. The second kappa shape index (κ2) is 3.60. The lowest BCUT2D eigenvalue weighted by molar-refractivity contribution is -0.178. The molecule has 2 unspecified atom stereocenters. The molecule has 1 amide bonds. The van der Waals surface area contributed by atoms with Crippen molar-refractivity contribution in [3.8, 4) is 0 Å². The van der Waals surface area contributed by atoms with Gasteiger partial charge in [-0.25, -0.2) is 4.79 Å². The van der Waals surface area contributed by atoms with Crippen molar-refractivity contribution in [3.05, 3.63) is 0 Å². The Labute approximate surface area is 95.8 Å². The van der Waals surface area contributed by atoms with Gasteiger partial charge in [-0.15, -0.1) is 0 Å². The summed E-state index contributed by atoms with van der Waals surface area (Å²) in [5.41, 5.74) is -0.228. The zero-order chi connectivity index (χ0) is 12.0. The van der Waals surface area contributed by atoms with Crippen molar-refractivity contribution >= 4 is 6.09 Å². The molecule has 2 aliphatic heterocycles. The molecule has 2 aliphatic rings. The molecule has 2 fully saturated rings. The maximum atomic E-state index is 11.0. The summed E-state index contributed by atoms with van der Waals surface area (Å²) in [6, 6.07) is 0.224. The van der Waals surface area contributed by atoms with Gasteiger partial charge >= 0.3 is 6.09 Å². The molecule has 2 rings (SSSR count). The van der Waals surface area contributed by atoms with Crippen molar-refractivity contribution in [3.63, 3.8) is 0 Å². The van der Waals surface area contributed by atoms with Gasteiger partial charge in [0, 0.05) is 19.1 Å². The average Bonchev–Trinajstić information content (AvgIpc) is 2.13. The number of hydrogen-bond acceptors (Lipinski definition) is 3. The van der Waals surface area contributed by atoms with Crippen LogP contribution in [0.3, 0.4) is 0 Å².